The van der Waals surface area contributed by atoms with Gasteiger partial charge in [-0.2, -0.15) is 5.10 Å². The molecule has 1 aromatic heterocycles. The monoisotopic (exact) mass is 420 g/mol. The van der Waals surface area contributed by atoms with Gasteiger partial charge >= 0.3 is 6.03 Å². The summed E-state index contributed by atoms with van der Waals surface area (Å²) in [6, 6.07) is 16.6. The van der Waals surface area contributed by atoms with Gasteiger partial charge in [0.15, 0.2) is 0 Å². The number of carbonyl (C=O) groups excluding carboxylic acids is 2. The Hall–Kier alpha value is -3.12. The van der Waals surface area contributed by atoms with Crippen LogP contribution in [0.5, 0.6) is 0 Å². The van der Waals surface area contributed by atoms with Gasteiger partial charge in [0.1, 0.15) is 5.54 Å². The van der Waals surface area contributed by atoms with E-state index in [2.05, 4.69) is 5.32 Å². The molecule has 3 aromatic rings. The molecule has 30 heavy (non-hydrogen) atoms. The van der Waals surface area contributed by atoms with Gasteiger partial charge in [-0.1, -0.05) is 41.9 Å². The Morgan fingerprint density at radius 2 is 1.90 bits per heavy atom. The molecular formula is C23H21ClN4O2. The minimum atomic E-state index is -1.15. The molecule has 1 atom stereocenters. The summed E-state index contributed by atoms with van der Waals surface area (Å²) in [4.78, 5) is 27.3. The molecule has 1 N–H and O–H groups in total. The predicted molar refractivity (Wildman–Crippen MR) is 113 cm³/mol. The Bertz CT molecular complexity index is 1160. The lowest BCUT2D eigenvalue weighted by Crippen LogP contribution is -2.40. The molecule has 2 aliphatic rings. The maximum Gasteiger partial charge on any atom is 0.325 e. The first-order valence-corrected chi connectivity index (χ1v) is 10.4. The Kier molecular flexibility index (Phi) is 4.40. The van der Waals surface area contributed by atoms with Crippen LogP contribution < -0.4 is 5.32 Å². The van der Waals surface area contributed by atoms with E-state index >= 15 is 0 Å². The summed E-state index contributed by atoms with van der Waals surface area (Å²) in [6.45, 7) is 1.87. The van der Waals surface area contributed by atoms with Crippen molar-refractivity contribution in [2.24, 2.45) is 0 Å². The zero-order chi connectivity index (χ0) is 20.9. The highest BCUT2D eigenvalue weighted by Gasteiger charge is 2.49. The lowest BCUT2D eigenvalue weighted by atomic mass is 9.92. The molecule has 5 rings (SSSR count). The van der Waals surface area contributed by atoms with Gasteiger partial charge in [0.2, 0.25) is 0 Å². The Morgan fingerprint density at radius 3 is 2.67 bits per heavy atom. The van der Waals surface area contributed by atoms with E-state index in [1.165, 1.54) is 10.6 Å². The van der Waals surface area contributed by atoms with E-state index in [1.807, 2.05) is 35.0 Å². The average molecular weight is 421 g/mol. The third kappa shape index (κ3) is 2.91. The molecule has 1 aliphatic carbocycles. The first-order chi connectivity index (χ1) is 14.5. The summed E-state index contributed by atoms with van der Waals surface area (Å²) >= 11 is 6.11. The molecule has 0 spiro atoms. The third-order valence-corrected chi connectivity index (χ3v) is 6.23. The number of para-hydroxylation sites is 1. The van der Waals surface area contributed by atoms with Crippen molar-refractivity contribution in [2.45, 2.75) is 38.3 Å². The summed E-state index contributed by atoms with van der Waals surface area (Å²) in [7, 11) is 0. The van der Waals surface area contributed by atoms with Gasteiger partial charge in [0.05, 0.1) is 17.9 Å². The van der Waals surface area contributed by atoms with Crippen LogP contribution in [0.2, 0.25) is 5.02 Å². The molecular weight excluding hydrogens is 400 g/mol. The van der Waals surface area contributed by atoms with E-state index in [0.29, 0.717) is 10.6 Å². The average Bonchev–Trinajstić information content (AvgIpc) is 3.40. The fraction of sp³-hybridized carbons (Fsp3) is 0.261. The van der Waals surface area contributed by atoms with Gasteiger partial charge in [-0.3, -0.25) is 9.69 Å². The quantitative estimate of drug-likeness (QED) is 0.649. The second-order valence-electron chi connectivity index (χ2n) is 7.93. The minimum Gasteiger partial charge on any atom is -0.319 e. The molecule has 1 aliphatic heterocycles. The number of halogens is 1. The molecule has 1 fully saturated rings. The van der Waals surface area contributed by atoms with Crippen LogP contribution in [0.15, 0.2) is 54.6 Å². The summed E-state index contributed by atoms with van der Waals surface area (Å²) in [5.74, 6) is -0.296. The second-order valence-corrected chi connectivity index (χ2v) is 8.37. The van der Waals surface area contributed by atoms with Crippen LogP contribution >= 0.6 is 11.6 Å². The highest BCUT2D eigenvalue weighted by atomic mass is 35.5. The summed E-state index contributed by atoms with van der Waals surface area (Å²) in [5.41, 5.74) is 3.60. The molecule has 0 saturated carbocycles. The van der Waals surface area contributed by atoms with Gasteiger partial charge in [-0.05, 0) is 61.6 Å². The van der Waals surface area contributed by atoms with Gasteiger partial charge in [0, 0.05) is 10.7 Å². The Morgan fingerprint density at radius 1 is 1.10 bits per heavy atom. The van der Waals surface area contributed by atoms with Crippen molar-refractivity contribution >= 4 is 23.5 Å². The van der Waals surface area contributed by atoms with Crippen LogP contribution in [0.1, 0.15) is 35.9 Å². The van der Waals surface area contributed by atoms with E-state index in [1.54, 1.807) is 31.2 Å². The minimum absolute atomic E-state index is 0.156. The number of aromatic nitrogens is 2. The Labute approximate surface area is 179 Å². The van der Waals surface area contributed by atoms with E-state index < -0.39 is 11.6 Å². The van der Waals surface area contributed by atoms with Crippen molar-refractivity contribution in [3.63, 3.8) is 0 Å². The first kappa shape index (κ1) is 18.9. The molecule has 152 valence electrons. The number of fused-ring (bicyclic) bond motifs is 1. The maximum absolute atomic E-state index is 13.3. The van der Waals surface area contributed by atoms with Crippen molar-refractivity contribution < 1.29 is 9.59 Å². The van der Waals surface area contributed by atoms with Crippen molar-refractivity contribution in [3.8, 4) is 5.69 Å². The molecule has 2 heterocycles. The number of rotatable bonds is 4. The number of nitrogens with zero attached hydrogens (tertiary/aromatic N) is 3. The van der Waals surface area contributed by atoms with Gasteiger partial charge < -0.3 is 5.32 Å². The zero-order valence-corrected chi connectivity index (χ0v) is 17.3. The topological polar surface area (TPSA) is 67.2 Å². The van der Waals surface area contributed by atoms with Crippen LogP contribution in [0.4, 0.5) is 4.79 Å². The third-order valence-electron chi connectivity index (χ3n) is 6.00. The number of urea groups is 1. The number of hydrogen-bond acceptors (Lipinski definition) is 3. The molecule has 1 saturated heterocycles. The van der Waals surface area contributed by atoms with E-state index in [4.69, 9.17) is 16.7 Å². The highest BCUT2D eigenvalue weighted by molar-refractivity contribution is 6.30. The summed E-state index contributed by atoms with van der Waals surface area (Å²) < 4.78 is 1.95. The number of hydrogen-bond donors (Lipinski definition) is 1. The van der Waals surface area contributed by atoms with Crippen LogP contribution in [0.3, 0.4) is 0 Å². The molecule has 1 unspecified atom stereocenters. The normalized spacial score (nSPS) is 20.5. The molecule has 6 nitrogen and oxygen atoms in total. The maximum atomic E-state index is 13.3. The second kappa shape index (κ2) is 6.99. The molecule has 0 radical (unpaired) electrons. The van der Waals surface area contributed by atoms with Gasteiger partial charge in [-0.25, -0.2) is 9.48 Å². The van der Waals surface area contributed by atoms with Gasteiger partial charge in [0.25, 0.3) is 5.91 Å². The predicted octanol–water partition coefficient (Wildman–Crippen LogP) is 3.98. The number of imide groups is 1. The number of amides is 3. The number of nitrogens with one attached hydrogen (secondary N) is 1. The lowest BCUT2D eigenvalue weighted by molar-refractivity contribution is -0.131. The fourth-order valence-corrected chi connectivity index (χ4v) is 4.60. The van der Waals surface area contributed by atoms with Crippen molar-refractivity contribution in [3.05, 3.63) is 82.1 Å². The standard InChI is InChI=1S/C23H21ClN4O2/c1-23(15-7-5-8-16(24)13-15)21(29)27(22(30)25-23)14-19-18-11-6-12-20(18)28(26-19)17-9-3-2-4-10-17/h2-5,7-10,13H,6,11-12,14H2,1H3,(H,25,30). The number of benzene rings is 2. The summed E-state index contributed by atoms with van der Waals surface area (Å²) in [5, 5.41) is 8.16. The first-order valence-electron chi connectivity index (χ1n) is 10.0. The molecule has 7 heteroatoms. The fourth-order valence-electron chi connectivity index (χ4n) is 4.41. The van der Waals surface area contributed by atoms with Crippen LogP contribution in [0, 0.1) is 0 Å². The van der Waals surface area contributed by atoms with Crippen molar-refractivity contribution in [1.82, 2.24) is 20.0 Å². The van der Waals surface area contributed by atoms with E-state index in [-0.39, 0.29) is 12.5 Å². The molecule has 0 bridgehead atoms. The SMILES string of the molecule is CC1(c2cccc(Cl)c2)NC(=O)N(Cc2nn(-c3ccccc3)c3c2CCC3)C1=O. The Balaban J connectivity index is 1.48. The summed E-state index contributed by atoms with van der Waals surface area (Å²) in [6.07, 6.45) is 2.90. The zero-order valence-electron chi connectivity index (χ0n) is 16.6. The van der Waals surface area contributed by atoms with Crippen LogP contribution in [0.25, 0.3) is 5.69 Å². The molecule has 3 amide bonds. The smallest absolute Gasteiger partial charge is 0.319 e. The van der Waals surface area contributed by atoms with E-state index in [9.17, 15) is 9.59 Å². The van der Waals surface area contributed by atoms with Crippen molar-refractivity contribution in [2.75, 3.05) is 0 Å². The van der Waals surface area contributed by atoms with Crippen LogP contribution in [-0.2, 0) is 29.7 Å². The number of carbonyl (C=O) groups is 2. The van der Waals surface area contributed by atoms with E-state index in [0.717, 1.165) is 36.2 Å². The van der Waals surface area contributed by atoms with Crippen molar-refractivity contribution in [1.29, 1.82) is 0 Å². The van der Waals surface area contributed by atoms with Crippen LogP contribution in [-0.4, -0.2) is 26.6 Å². The van der Waals surface area contributed by atoms with Gasteiger partial charge in [-0.15, -0.1) is 0 Å². The largest absolute Gasteiger partial charge is 0.325 e. The lowest BCUT2D eigenvalue weighted by Gasteiger charge is -2.22. The molecule has 2 aromatic carbocycles. The highest BCUT2D eigenvalue weighted by Crippen LogP contribution is 2.33.